The van der Waals surface area contributed by atoms with Crippen molar-refractivity contribution in [3.05, 3.63) is 23.4 Å². The van der Waals surface area contributed by atoms with Gasteiger partial charge in [0.15, 0.2) is 0 Å². The van der Waals surface area contributed by atoms with Crippen LogP contribution in [0.1, 0.15) is 13.8 Å². The summed E-state index contributed by atoms with van der Waals surface area (Å²) < 4.78 is 0. The maximum absolute atomic E-state index is 6.04. The van der Waals surface area contributed by atoms with Gasteiger partial charge in [-0.25, -0.2) is 4.98 Å². The average molecular weight is 309 g/mol. The molecule has 0 amide bonds. The monoisotopic (exact) mass is 307 g/mol. The number of halogens is 2. The Morgan fingerprint density at radius 3 is 2.80 bits per heavy atom. The number of hydrogen-bond acceptors (Lipinski definition) is 2. The number of rotatable bonds is 5. The van der Waals surface area contributed by atoms with Gasteiger partial charge >= 0.3 is 0 Å². The second-order valence-electron chi connectivity index (χ2n) is 3.76. The highest BCUT2D eigenvalue weighted by Crippen LogP contribution is 2.28. The first-order valence-corrected chi connectivity index (χ1v) is 7.43. The van der Waals surface area contributed by atoms with Crippen molar-refractivity contribution in [2.24, 2.45) is 11.8 Å². The van der Waals surface area contributed by atoms with Crippen LogP contribution in [0.5, 0.6) is 0 Å². The lowest BCUT2D eigenvalue weighted by molar-refractivity contribution is 0.474. The molecule has 1 unspecified atom stereocenters. The van der Waals surface area contributed by atoms with Crippen molar-refractivity contribution in [2.45, 2.75) is 18.9 Å². The van der Waals surface area contributed by atoms with Crippen LogP contribution in [0.15, 0.2) is 23.4 Å². The molecule has 0 aliphatic rings. The number of hydrogen-bond donors (Lipinski definition) is 0. The third kappa shape index (κ3) is 4.33. The summed E-state index contributed by atoms with van der Waals surface area (Å²) in [5.74, 6) is 2.40. The van der Waals surface area contributed by atoms with Crippen molar-refractivity contribution in [1.82, 2.24) is 4.98 Å². The Hall–Kier alpha value is 0.270. The zero-order valence-corrected chi connectivity index (χ0v) is 12.1. The molecule has 0 saturated carbocycles. The summed E-state index contributed by atoms with van der Waals surface area (Å²) in [6.07, 6.45) is 1.78. The van der Waals surface area contributed by atoms with Crippen molar-refractivity contribution in [2.75, 3.05) is 11.1 Å². The fourth-order valence-corrected chi connectivity index (χ4v) is 3.86. The maximum Gasteiger partial charge on any atom is 0.115 e. The largest absolute Gasteiger partial charge is 0.248 e. The van der Waals surface area contributed by atoms with E-state index in [0.717, 1.165) is 21.1 Å². The molecule has 0 spiro atoms. The Labute approximate surface area is 109 Å². The van der Waals surface area contributed by atoms with Gasteiger partial charge in [0.2, 0.25) is 0 Å². The topological polar surface area (TPSA) is 12.9 Å². The Morgan fingerprint density at radius 2 is 2.27 bits per heavy atom. The van der Waals surface area contributed by atoms with Gasteiger partial charge in [0, 0.05) is 17.3 Å². The Bertz CT molecular complexity index is 306. The van der Waals surface area contributed by atoms with Crippen LogP contribution < -0.4 is 0 Å². The van der Waals surface area contributed by atoms with Crippen LogP contribution in [0.2, 0.25) is 5.02 Å². The van der Waals surface area contributed by atoms with Gasteiger partial charge in [-0.15, -0.1) is 11.8 Å². The van der Waals surface area contributed by atoms with Crippen LogP contribution in [-0.4, -0.2) is 16.1 Å². The molecule has 0 aliphatic carbocycles. The lowest BCUT2D eigenvalue weighted by Gasteiger charge is -2.17. The third-order valence-electron chi connectivity index (χ3n) is 2.30. The molecule has 0 saturated heterocycles. The molecule has 1 aromatic rings. The first-order chi connectivity index (χ1) is 7.15. The molecule has 0 bridgehead atoms. The molecule has 0 N–H and O–H groups in total. The van der Waals surface area contributed by atoms with E-state index >= 15 is 0 Å². The molecule has 4 heteroatoms. The summed E-state index contributed by atoms with van der Waals surface area (Å²) in [6.45, 7) is 4.49. The van der Waals surface area contributed by atoms with E-state index in [1.165, 1.54) is 0 Å². The van der Waals surface area contributed by atoms with E-state index in [9.17, 15) is 0 Å². The van der Waals surface area contributed by atoms with Crippen LogP contribution in [0.4, 0.5) is 0 Å². The van der Waals surface area contributed by atoms with Crippen LogP contribution in [-0.2, 0) is 0 Å². The first kappa shape index (κ1) is 13.3. The Kier molecular flexibility index (Phi) is 6.02. The predicted molar refractivity (Wildman–Crippen MR) is 72.1 cm³/mol. The third-order valence-corrected chi connectivity index (χ3v) is 4.74. The molecule has 1 heterocycles. The SMILES string of the molecule is CC(C)C(CBr)CSc1ncccc1Cl. The van der Waals surface area contributed by atoms with Gasteiger partial charge in [-0.2, -0.15) is 0 Å². The van der Waals surface area contributed by atoms with E-state index in [2.05, 4.69) is 34.8 Å². The number of thioether (sulfide) groups is 1. The number of pyridine rings is 1. The van der Waals surface area contributed by atoms with Crippen molar-refractivity contribution >= 4 is 39.3 Å². The maximum atomic E-state index is 6.04. The van der Waals surface area contributed by atoms with Crippen molar-refractivity contribution < 1.29 is 0 Å². The number of nitrogens with zero attached hydrogens (tertiary/aromatic N) is 1. The Balaban J connectivity index is 2.53. The van der Waals surface area contributed by atoms with Gasteiger partial charge in [-0.3, -0.25) is 0 Å². The molecular weight excluding hydrogens is 294 g/mol. The van der Waals surface area contributed by atoms with E-state index in [1.807, 2.05) is 12.1 Å². The van der Waals surface area contributed by atoms with E-state index in [-0.39, 0.29) is 0 Å². The molecule has 1 atom stereocenters. The molecule has 0 aromatic carbocycles. The Morgan fingerprint density at radius 1 is 1.53 bits per heavy atom. The van der Waals surface area contributed by atoms with Gasteiger partial charge < -0.3 is 0 Å². The van der Waals surface area contributed by atoms with Gasteiger partial charge in [0.1, 0.15) is 5.03 Å². The second-order valence-corrected chi connectivity index (χ2v) is 5.82. The summed E-state index contributed by atoms with van der Waals surface area (Å²) in [4.78, 5) is 4.26. The highest BCUT2D eigenvalue weighted by atomic mass is 79.9. The van der Waals surface area contributed by atoms with E-state index in [0.29, 0.717) is 11.8 Å². The summed E-state index contributed by atoms with van der Waals surface area (Å²) in [5, 5.41) is 2.72. The van der Waals surface area contributed by atoms with Gasteiger partial charge in [0.25, 0.3) is 0 Å². The minimum Gasteiger partial charge on any atom is -0.248 e. The summed E-state index contributed by atoms with van der Waals surface area (Å²) >= 11 is 11.3. The van der Waals surface area contributed by atoms with Crippen LogP contribution in [0.25, 0.3) is 0 Å². The van der Waals surface area contributed by atoms with Gasteiger partial charge in [-0.1, -0.05) is 41.4 Å². The minimum absolute atomic E-state index is 0.660. The molecule has 15 heavy (non-hydrogen) atoms. The van der Waals surface area contributed by atoms with E-state index in [1.54, 1.807) is 18.0 Å². The number of alkyl halides is 1. The standard InChI is InChI=1S/C11H15BrClNS/c1-8(2)9(6-12)7-15-11-10(13)4-3-5-14-11/h3-5,8-9H,6-7H2,1-2H3. The van der Waals surface area contributed by atoms with Crippen molar-refractivity contribution in [3.63, 3.8) is 0 Å². The molecule has 1 aromatic heterocycles. The van der Waals surface area contributed by atoms with Crippen LogP contribution in [0, 0.1) is 11.8 Å². The fraction of sp³-hybridized carbons (Fsp3) is 0.545. The highest BCUT2D eigenvalue weighted by molar-refractivity contribution is 9.09. The normalized spacial score (nSPS) is 13.1. The van der Waals surface area contributed by atoms with E-state index < -0.39 is 0 Å². The highest BCUT2D eigenvalue weighted by Gasteiger charge is 2.13. The molecular formula is C11H15BrClNS. The summed E-state index contributed by atoms with van der Waals surface area (Å²) in [6, 6.07) is 3.74. The molecule has 0 aliphatic heterocycles. The zero-order valence-electron chi connectivity index (χ0n) is 8.91. The van der Waals surface area contributed by atoms with Crippen molar-refractivity contribution in [3.8, 4) is 0 Å². The summed E-state index contributed by atoms with van der Waals surface area (Å²) in [5.41, 5.74) is 0. The molecule has 0 radical (unpaired) electrons. The number of aromatic nitrogens is 1. The molecule has 1 rings (SSSR count). The van der Waals surface area contributed by atoms with Crippen LogP contribution >= 0.6 is 39.3 Å². The average Bonchev–Trinajstić information content (AvgIpc) is 2.21. The zero-order chi connectivity index (χ0) is 11.3. The van der Waals surface area contributed by atoms with Crippen molar-refractivity contribution in [1.29, 1.82) is 0 Å². The lowest BCUT2D eigenvalue weighted by Crippen LogP contribution is -2.13. The molecule has 0 fully saturated rings. The van der Waals surface area contributed by atoms with E-state index in [4.69, 9.17) is 11.6 Å². The fourth-order valence-electron chi connectivity index (χ4n) is 1.08. The lowest BCUT2D eigenvalue weighted by atomic mass is 10.0. The van der Waals surface area contributed by atoms with Gasteiger partial charge in [0.05, 0.1) is 5.02 Å². The smallest absolute Gasteiger partial charge is 0.115 e. The molecule has 1 nitrogen and oxygen atoms in total. The van der Waals surface area contributed by atoms with Crippen LogP contribution in [0.3, 0.4) is 0 Å². The second kappa shape index (κ2) is 6.77. The quantitative estimate of drug-likeness (QED) is 0.587. The first-order valence-electron chi connectivity index (χ1n) is 4.94. The molecule has 84 valence electrons. The summed E-state index contributed by atoms with van der Waals surface area (Å²) in [7, 11) is 0. The minimum atomic E-state index is 0.660. The van der Waals surface area contributed by atoms with Gasteiger partial charge in [-0.05, 0) is 24.0 Å². The predicted octanol–water partition coefficient (Wildman–Crippen LogP) is 4.49.